The minimum Gasteiger partial charge on any atom is -1.00 e. The van der Waals surface area contributed by atoms with Gasteiger partial charge in [0, 0.05) is 25.0 Å². The molecule has 0 aliphatic carbocycles. The van der Waals surface area contributed by atoms with Gasteiger partial charge in [0.25, 0.3) is 0 Å². The minimum atomic E-state index is -2.09. The Balaban J connectivity index is 0.00000171. The molecule has 0 spiro atoms. The van der Waals surface area contributed by atoms with Crippen molar-refractivity contribution in [2.45, 2.75) is 6.16 Å². The Kier molecular flexibility index (Phi) is 9.10. The highest BCUT2D eigenvalue weighted by molar-refractivity contribution is 7.95. The number of rotatable bonds is 6. The van der Waals surface area contributed by atoms with Gasteiger partial charge in [-0.2, -0.15) is 5.10 Å². The number of benzene rings is 3. The van der Waals surface area contributed by atoms with Gasteiger partial charge in [0.15, 0.2) is 0 Å². The highest BCUT2D eigenvalue weighted by Gasteiger charge is 2.47. The third-order valence-electron chi connectivity index (χ3n) is 5.99. The molecule has 0 fully saturated rings. The third-order valence-corrected chi connectivity index (χ3v) is 10.8. The Labute approximate surface area is 224 Å². The van der Waals surface area contributed by atoms with Crippen molar-refractivity contribution in [2.75, 3.05) is 0 Å². The van der Waals surface area contributed by atoms with Crippen molar-refractivity contribution in [2.24, 2.45) is 7.05 Å². The van der Waals surface area contributed by atoms with Gasteiger partial charge < -0.3 is 12.4 Å². The zero-order valence-corrected chi connectivity index (χ0v) is 22.4. The number of halogens is 3. The average molecular weight is 541 g/mol. The number of pyridine rings is 1. The second-order valence-electron chi connectivity index (χ2n) is 7.96. The molecule has 0 saturated heterocycles. The third kappa shape index (κ3) is 5.15. The van der Waals surface area contributed by atoms with Crippen LogP contribution in [0, 0.1) is 0 Å². The molecule has 178 valence electrons. The molecule has 0 bridgehead atoms. The molecule has 2 aromatic heterocycles. The lowest BCUT2D eigenvalue weighted by Crippen LogP contribution is -3.00. The summed E-state index contributed by atoms with van der Waals surface area (Å²) in [6.45, 7) is 0. The number of hydrogen-bond acceptors (Lipinski definition) is 2. The van der Waals surface area contributed by atoms with Gasteiger partial charge in [0.05, 0.1) is 5.56 Å². The second kappa shape index (κ2) is 11.8. The van der Waals surface area contributed by atoms with Gasteiger partial charge >= 0.3 is 0 Å². The Morgan fingerprint density at radius 1 is 0.743 bits per heavy atom. The van der Waals surface area contributed by atoms with Gasteiger partial charge in [0.1, 0.15) is 40.2 Å². The smallest absolute Gasteiger partial charge is 0.134 e. The van der Waals surface area contributed by atoms with Crippen LogP contribution in [0.1, 0.15) is 5.56 Å². The lowest BCUT2D eigenvalue weighted by atomic mass is 10.1. The van der Waals surface area contributed by atoms with Crippen LogP contribution in [-0.4, -0.2) is 14.8 Å². The zero-order chi connectivity index (χ0) is 22.7. The number of aromatic nitrogens is 3. The van der Waals surface area contributed by atoms with Crippen LogP contribution >= 0.6 is 31.3 Å². The summed E-state index contributed by atoms with van der Waals surface area (Å²) in [6.07, 6.45) is 4.40. The van der Waals surface area contributed by atoms with E-state index in [0.717, 1.165) is 23.0 Å². The van der Waals surface area contributed by atoms with E-state index in [1.54, 1.807) is 10.9 Å². The van der Waals surface area contributed by atoms with Crippen molar-refractivity contribution in [3.05, 3.63) is 126 Å². The fourth-order valence-electron chi connectivity index (χ4n) is 4.43. The maximum Gasteiger partial charge on any atom is 0.134 e. The van der Waals surface area contributed by atoms with E-state index in [1.807, 2.05) is 25.4 Å². The van der Waals surface area contributed by atoms with Crippen molar-refractivity contribution < 1.29 is 12.4 Å². The topological polar surface area (TPSA) is 30.7 Å². The fraction of sp³-hybridized carbons (Fsp3) is 0.0714. The first-order valence-electron chi connectivity index (χ1n) is 10.9. The second-order valence-corrected chi connectivity index (χ2v) is 11.8. The Morgan fingerprint density at radius 2 is 1.23 bits per heavy atom. The summed E-state index contributed by atoms with van der Waals surface area (Å²) >= 11 is 6.93. The van der Waals surface area contributed by atoms with Crippen LogP contribution in [0.2, 0.25) is 5.15 Å². The van der Waals surface area contributed by atoms with Crippen LogP contribution < -0.4 is 28.3 Å². The maximum atomic E-state index is 6.93. The van der Waals surface area contributed by atoms with Gasteiger partial charge in [0.2, 0.25) is 0 Å². The molecular formula is C28H25Cl3N3P. The van der Waals surface area contributed by atoms with E-state index < -0.39 is 7.26 Å². The maximum absolute atomic E-state index is 6.93. The zero-order valence-electron chi connectivity index (χ0n) is 19.1. The standard InChI is InChI=1S/C28H24ClN3P.2ClH/c1-32-28(29)26(27(31-32)22-12-11-19-30-20-22)21-33(23-13-5-2-6-14-23,24-15-7-3-8-16-24)25-17-9-4-10-18-25;;/h2-20H,21H2,1H3;2*1H/q+1;;/p-1. The van der Waals surface area contributed by atoms with E-state index in [1.165, 1.54) is 15.9 Å². The predicted octanol–water partition coefficient (Wildman–Crippen LogP) is 3.06. The highest BCUT2D eigenvalue weighted by Crippen LogP contribution is 2.59. The van der Waals surface area contributed by atoms with Crippen LogP contribution in [0.5, 0.6) is 0 Å². The monoisotopic (exact) mass is 539 g/mol. The molecule has 0 N–H and O–H groups in total. The molecule has 0 aliphatic rings. The lowest BCUT2D eigenvalue weighted by Gasteiger charge is -2.28. The number of nitrogens with zero attached hydrogens (tertiary/aromatic N) is 3. The Morgan fingerprint density at radius 3 is 1.66 bits per heavy atom. The quantitative estimate of drug-likeness (QED) is 0.310. The molecule has 2 heterocycles. The van der Waals surface area contributed by atoms with Crippen molar-refractivity contribution in [3.63, 3.8) is 0 Å². The molecular weight excluding hydrogens is 516 g/mol. The van der Waals surface area contributed by atoms with Crippen LogP contribution in [0.25, 0.3) is 11.3 Å². The van der Waals surface area contributed by atoms with E-state index in [4.69, 9.17) is 16.7 Å². The summed E-state index contributed by atoms with van der Waals surface area (Å²) < 4.78 is 1.77. The van der Waals surface area contributed by atoms with Crippen molar-refractivity contribution in [1.82, 2.24) is 14.8 Å². The van der Waals surface area contributed by atoms with E-state index in [2.05, 4.69) is 96.0 Å². The van der Waals surface area contributed by atoms with Gasteiger partial charge in [-0.1, -0.05) is 66.2 Å². The van der Waals surface area contributed by atoms with E-state index in [-0.39, 0.29) is 24.8 Å². The summed E-state index contributed by atoms with van der Waals surface area (Å²) in [6, 6.07) is 36.5. The van der Waals surface area contributed by atoms with E-state index >= 15 is 0 Å². The summed E-state index contributed by atoms with van der Waals surface area (Å²) in [4.78, 5) is 4.33. The molecule has 0 unspecified atom stereocenters. The van der Waals surface area contributed by atoms with Gasteiger partial charge in [-0.05, 0) is 48.5 Å². The number of aryl methyl sites for hydroxylation is 1. The van der Waals surface area contributed by atoms with E-state index in [0.29, 0.717) is 5.15 Å². The Bertz CT molecular complexity index is 1250. The van der Waals surface area contributed by atoms with Gasteiger partial charge in [-0.25, -0.2) is 0 Å². The molecule has 0 atom stereocenters. The molecule has 3 aromatic carbocycles. The molecule has 3 nitrogen and oxygen atoms in total. The van der Waals surface area contributed by atoms with Gasteiger partial charge in [-0.3, -0.25) is 9.67 Å². The molecule has 5 rings (SSSR count). The minimum absolute atomic E-state index is 0. The molecule has 0 amide bonds. The van der Waals surface area contributed by atoms with Crippen molar-refractivity contribution in [3.8, 4) is 11.3 Å². The largest absolute Gasteiger partial charge is 1.00 e. The summed E-state index contributed by atoms with van der Waals surface area (Å²) in [5.74, 6) is 0. The van der Waals surface area contributed by atoms with E-state index in [9.17, 15) is 0 Å². The lowest BCUT2D eigenvalue weighted by molar-refractivity contribution is -0.00000668. The first-order valence-corrected chi connectivity index (χ1v) is 13.2. The average Bonchev–Trinajstić information content (AvgIpc) is 3.17. The Hall–Kier alpha value is -2.68. The van der Waals surface area contributed by atoms with Crippen LogP contribution in [0.15, 0.2) is 116 Å². The molecule has 0 saturated carbocycles. The SMILES string of the molecule is Cl.Cn1nc(-c2cccnc2)c(C[P+](c2ccccc2)(c2ccccc2)c2ccccc2)c1Cl.[Cl-]. The van der Waals surface area contributed by atoms with Crippen molar-refractivity contribution >= 4 is 47.2 Å². The normalized spacial score (nSPS) is 10.8. The molecule has 0 aliphatic heterocycles. The molecule has 7 heteroatoms. The highest BCUT2D eigenvalue weighted by atomic mass is 35.5. The summed E-state index contributed by atoms with van der Waals surface area (Å²) in [5, 5.41) is 9.43. The van der Waals surface area contributed by atoms with Crippen LogP contribution in [0.4, 0.5) is 0 Å². The summed E-state index contributed by atoms with van der Waals surface area (Å²) in [5.41, 5.74) is 2.92. The fourth-order valence-corrected chi connectivity index (χ4v) is 8.97. The molecule has 5 aromatic rings. The van der Waals surface area contributed by atoms with Crippen molar-refractivity contribution in [1.29, 1.82) is 0 Å². The summed E-state index contributed by atoms with van der Waals surface area (Å²) in [7, 11) is -0.192. The van der Waals surface area contributed by atoms with Gasteiger partial charge in [-0.15, -0.1) is 12.4 Å². The first-order chi connectivity index (χ1) is 16.2. The molecule has 0 radical (unpaired) electrons. The van der Waals surface area contributed by atoms with Crippen LogP contribution in [0.3, 0.4) is 0 Å². The predicted molar refractivity (Wildman–Crippen MR) is 148 cm³/mol. The molecule has 35 heavy (non-hydrogen) atoms. The number of hydrogen-bond donors (Lipinski definition) is 0. The first kappa shape index (κ1) is 26.9. The van der Waals surface area contributed by atoms with Crippen LogP contribution in [-0.2, 0) is 13.2 Å².